The van der Waals surface area contributed by atoms with Crippen LogP contribution in [-0.4, -0.2) is 58.9 Å². The minimum Gasteiger partial charge on any atom is -0.341 e. The number of nitrogens with one attached hydrogen (secondary N) is 2. The maximum atomic E-state index is 11.9. The number of imidazole rings is 1. The predicted molar refractivity (Wildman–Crippen MR) is 90.2 cm³/mol. The lowest BCUT2D eigenvalue weighted by Gasteiger charge is -2.31. The van der Waals surface area contributed by atoms with E-state index in [0.717, 1.165) is 68.1 Å². The second-order valence-electron chi connectivity index (χ2n) is 6.76. The standard InChI is InChI=1S/C17H23N5O/c1-21-6-8-22(9-7-21)11-16-19-14-5-4-13(10-15(14)20-16)18-17(23)12-2-3-12/h4-5,10,12H,2-3,6-9,11H2,1H3,(H,18,23)(H,19,20). The van der Waals surface area contributed by atoms with Gasteiger partial charge in [0.2, 0.25) is 5.91 Å². The third-order valence-corrected chi connectivity index (χ3v) is 4.72. The van der Waals surface area contributed by atoms with Crippen LogP contribution >= 0.6 is 0 Å². The predicted octanol–water partition coefficient (Wildman–Crippen LogP) is 1.66. The number of piperazine rings is 1. The van der Waals surface area contributed by atoms with Crippen molar-refractivity contribution in [2.75, 3.05) is 38.5 Å². The third-order valence-electron chi connectivity index (χ3n) is 4.72. The lowest BCUT2D eigenvalue weighted by Crippen LogP contribution is -2.44. The molecule has 1 saturated heterocycles. The second-order valence-corrected chi connectivity index (χ2v) is 6.76. The molecule has 0 unspecified atom stereocenters. The summed E-state index contributed by atoms with van der Waals surface area (Å²) in [7, 11) is 2.16. The number of hydrogen-bond donors (Lipinski definition) is 2. The van der Waals surface area contributed by atoms with Gasteiger partial charge in [-0.2, -0.15) is 0 Å². The zero-order valence-corrected chi connectivity index (χ0v) is 13.5. The molecule has 1 saturated carbocycles. The number of likely N-dealkylation sites (N-methyl/N-ethyl adjacent to an activating group) is 1. The fraction of sp³-hybridized carbons (Fsp3) is 0.529. The summed E-state index contributed by atoms with van der Waals surface area (Å²) >= 11 is 0. The molecular weight excluding hydrogens is 290 g/mol. The van der Waals surface area contributed by atoms with Crippen molar-refractivity contribution in [3.05, 3.63) is 24.0 Å². The first-order chi connectivity index (χ1) is 11.2. The van der Waals surface area contributed by atoms with E-state index in [1.807, 2.05) is 18.2 Å². The maximum absolute atomic E-state index is 11.9. The van der Waals surface area contributed by atoms with Crippen molar-refractivity contribution in [1.29, 1.82) is 0 Å². The van der Waals surface area contributed by atoms with Gasteiger partial charge in [-0.05, 0) is 38.1 Å². The van der Waals surface area contributed by atoms with Crippen LogP contribution in [0.5, 0.6) is 0 Å². The van der Waals surface area contributed by atoms with Gasteiger partial charge in [0, 0.05) is 37.8 Å². The van der Waals surface area contributed by atoms with Crippen molar-refractivity contribution in [2.45, 2.75) is 19.4 Å². The van der Waals surface area contributed by atoms with Gasteiger partial charge in [-0.3, -0.25) is 9.69 Å². The molecule has 0 radical (unpaired) electrons. The highest BCUT2D eigenvalue weighted by molar-refractivity contribution is 5.95. The molecule has 1 aliphatic carbocycles. The van der Waals surface area contributed by atoms with Crippen molar-refractivity contribution >= 4 is 22.6 Å². The molecule has 0 spiro atoms. The van der Waals surface area contributed by atoms with E-state index in [0.29, 0.717) is 0 Å². The molecule has 6 nitrogen and oxygen atoms in total. The van der Waals surface area contributed by atoms with Gasteiger partial charge in [-0.25, -0.2) is 4.98 Å². The van der Waals surface area contributed by atoms with E-state index in [4.69, 9.17) is 0 Å². The lowest BCUT2D eigenvalue weighted by molar-refractivity contribution is -0.117. The van der Waals surface area contributed by atoms with Crippen LogP contribution < -0.4 is 5.32 Å². The van der Waals surface area contributed by atoms with Crippen LogP contribution in [0.2, 0.25) is 0 Å². The fourth-order valence-electron chi connectivity index (χ4n) is 3.02. The van der Waals surface area contributed by atoms with Crippen molar-refractivity contribution in [2.24, 2.45) is 5.92 Å². The zero-order chi connectivity index (χ0) is 15.8. The molecule has 4 rings (SSSR count). The van der Waals surface area contributed by atoms with Crippen molar-refractivity contribution < 1.29 is 4.79 Å². The molecule has 1 aliphatic heterocycles. The van der Waals surface area contributed by atoms with E-state index < -0.39 is 0 Å². The van der Waals surface area contributed by atoms with E-state index in [1.165, 1.54) is 0 Å². The molecule has 2 aromatic rings. The number of anilines is 1. The smallest absolute Gasteiger partial charge is 0.227 e. The van der Waals surface area contributed by atoms with E-state index in [1.54, 1.807) is 0 Å². The Balaban J connectivity index is 1.45. The highest BCUT2D eigenvalue weighted by Crippen LogP contribution is 2.30. The Kier molecular flexibility index (Phi) is 3.79. The number of H-pyrrole nitrogens is 1. The van der Waals surface area contributed by atoms with Gasteiger partial charge >= 0.3 is 0 Å². The van der Waals surface area contributed by atoms with Crippen LogP contribution in [0.15, 0.2) is 18.2 Å². The van der Waals surface area contributed by atoms with Crippen LogP contribution in [0.3, 0.4) is 0 Å². The Labute approximate surface area is 135 Å². The minimum absolute atomic E-state index is 0.140. The summed E-state index contributed by atoms with van der Waals surface area (Å²) in [5, 5.41) is 2.99. The Hall–Kier alpha value is -1.92. The van der Waals surface area contributed by atoms with E-state index in [9.17, 15) is 4.79 Å². The number of hydrogen-bond acceptors (Lipinski definition) is 4. The van der Waals surface area contributed by atoms with Gasteiger partial charge in [0.05, 0.1) is 17.6 Å². The summed E-state index contributed by atoms with van der Waals surface area (Å²) in [6, 6.07) is 5.89. The summed E-state index contributed by atoms with van der Waals surface area (Å²) in [4.78, 5) is 24.7. The molecule has 122 valence electrons. The third kappa shape index (κ3) is 3.38. The number of nitrogens with zero attached hydrogens (tertiary/aromatic N) is 3. The number of rotatable bonds is 4. The molecule has 23 heavy (non-hydrogen) atoms. The highest BCUT2D eigenvalue weighted by atomic mass is 16.2. The molecule has 2 heterocycles. The van der Waals surface area contributed by atoms with Crippen molar-refractivity contribution in [1.82, 2.24) is 19.8 Å². The minimum atomic E-state index is 0.140. The first-order valence-electron chi connectivity index (χ1n) is 8.38. The van der Waals surface area contributed by atoms with Crippen LogP contribution in [0, 0.1) is 5.92 Å². The summed E-state index contributed by atoms with van der Waals surface area (Å²) in [6.45, 7) is 5.23. The first kappa shape index (κ1) is 14.7. The Morgan fingerprint density at radius 1 is 1.30 bits per heavy atom. The van der Waals surface area contributed by atoms with Crippen LogP contribution in [0.25, 0.3) is 11.0 Å². The van der Waals surface area contributed by atoms with Gasteiger partial charge in [0.15, 0.2) is 0 Å². The number of carbonyl (C=O) groups is 1. The van der Waals surface area contributed by atoms with Crippen LogP contribution in [0.1, 0.15) is 18.7 Å². The lowest BCUT2D eigenvalue weighted by atomic mass is 10.2. The molecule has 1 aromatic carbocycles. The van der Waals surface area contributed by atoms with Gasteiger partial charge < -0.3 is 15.2 Å². The van der Waals surface area contributed by atoms with Crippen LogP contribution in [-0.2, 0) is 11.3 Å². The summed E-state index contributed by atoms with van der Waals surface area (Å²) in [5.74, 6) is 1.36. The number of amides is 1. The van der Waals surface area contributed by atoms with Crippen molar-refractivity contribution in [3.63, 3.8) is 0 Å². The second kappa shape index (κ2) is 5.94. The summed E-state index contributed by atoms with van der Waals surface area (Å²) < 4.78 is 0. The van der Waals surface area contributed by atoms with Gasteiger partial charge in [0.25, 0.3) is 0 Å². The van der Waals surface area contributed by atoms with E-state index in [2.05, 4.69) is 32.1 Å². The molecule has 1 aromatic heterocycles. The number of carbonyl (C=O) groups excluding carboxylic acids is 1. The highest BCUT2D eigenvalue weighted by Gasteiger charge is 2.29. The molecule has 1 amide bonds. The van der Waals surface area contributed by atoms with Gasteiger partial charge in [-0.15, -0.1) is 0 Å². The van der Waals surface area contributed by atoms with Crippen LogP contribution in [0.4, 0.5) is 5.69 Å². The summed E-state index contributed by atoms with van der Waals surface area (Å²) in [5.41, 5.74) is 2.80. The Morgan fingerprint density at radius 2 is 2.09 bits per heavy atom. The van der Waals surface area contributed by atoms with E-state index >= 15 is 0 Å². The Bertz CT molecular complexity index is 713. The monoisotopic (exact) mass is 313 g/mol. The van der Waals surface area contributed by atoms with Gasteiger partial charge in [-0.1, -0.05) is 0 Å². The molecule has 6 heteroatoms. The quantitative estimate of drug-likeness (QED) is 0.901. The average molecular weight is 313 g/mol. The zero-order valence-electron chi connectivity index (χ0n) is 13.5. The summed E-state index contributed by atoms with van der Waals surface area (Å²) in [6.07, 6.45) is 2.04. The first-order valence-corrected chi connectivity index (χ1v) is 8.38. The largest absolute Gasteiger partial charge is 0.341 e. The number of benzene rings is 1. The topological polar surface area (TPSA) is 64.3 Å². The number of aromatic nitrogens is 2. The molecule has 2 fully saturated rings. The number of aromatic amines is 1. The SMILES string of the molecule is CN1CCN(Cc2nc3ccc(NC(=O)C4CC4)cc3[nH]2)CC1. The molecule has 2 N–H and O–H groups in total. The molecular formula is C17H23N5O. The number of fused-ring (bicyclic) bond motifs is 1. The molecule has 0 bridgehead atoms. The molecule has 0 atom stereocenters. The van der Waals surface area contributed by atoms with E-state index in [-0.39, 0.29) is 11.8 Å². The average Bonchev–Trinajstić information content (AvgIpc) is 3.31. The maximum Gasteiger partial charge on any atom is 0.227 e. The van der Waals surface area contributed by atoms with Crippen molar-refractivity contribution in [3.8, 4) is 0 Å². The fourth-order valence-corrected chi connectivity index (χ4v) is 3.02. The normalized spacial score (nSPS) is 20.0. The molecule has 2 aliphatic rings. The van der Waals surface area contributed by atoms with Gasteiger partial charge in [0.1, 0.15) is 5.82 Å². The Morgan fingerprint density at radius 3 is 2.83 bits per heavy atom.